The Balaban J connectivity index is 0.000000186. The molecule has 107 heavy (non-hydrogen) atoms. The maximum Gasteiger partial charge on any atom is 0.289 e. The summed E-state index contributed by atoms with van der Waals surface area (Å²) >= 11 is 0. The number of carbonyl (C=O) groups excluding carboxylic acids is 9. The second kappa shape index (κ2) is 33.5. The van der Waals surface area contributed by atoms with E-state index in [4.69, 9.17) is 4.42 Å². The zero-order chi connectivity index (χ0) is 78.5. The second-order valence-electron chi connectivity index (χ2n) is 33.1. The van der Waals surface area contributed by atoms with E-state index in [-0.39, 0.29) is 106 Å². The minimum Gasteiger partial charge on any atom is -0.435 e. The highest BCUT2D eigenvalue weighted by molar-refractivity contribution is 6.05. The van der Waals surface area contributed by atoms with E-state index in [1.165, 1.54) is 17.3 Å². The molecule has 9 amide bonds. The fourth-order valence-corrected chi connectivity index (χ4v) is 12.6. The van der Waals surface area contributed by atoms with Crippen LogP contribution >= 0.6 is 0 Å². The summed E-state index contributed by atoms with van der Waals surface area (Å²) in [5, 5.41) is 18.3. The number of nitrogens with zero attached hydrogens (tertiary/aromatic N) is 7. The summed E-state index contributed by atoms with van der Waals surface area (Å²) in [7, 11) is 3.91. The van der Waals surface area contributed by atoms with Gasteiger partial charge in [-0.1, -0.05) is 168 Å². The average molecular weight is 1470 g/mol. The van der Waals surface area contributed by atoms with Gasteiger partial charge in [-0.05, 0) is 133 Å². The molecule has 12 rings (SSSR count). The lowest BCUT2D eigenvalue weighted by Crippen LogP contribution is -2.52. The number of imide groups is 2. The molecule has 0 bridgehead atoms. The maximum absolute atomic E-state index is 12.3. The minimum atomic E-state index is -0.559. The summed E-state index contributed by atoms with van der Waals surface area (Å²) in [6, 6.07) is 18.5. The summed E-state index contributed by atoms with van der Waals surface area (Å²) in [5.74, 6) is 0.162. The number of piperidine rings is 5. The molecule has 5 unspecified atom stereocenters. The van der Waals surface area contributed by atoms with Gasteiger partial charge in [0.2, 0.25) is 53.0 Å². The highest BCUT2D eigenvalue weighted by Gasteiger charge is 2.42. The van der Waals surface area contributed by atoms with E-state index < -0.39 is 18.0 Å². The highest BCUT2D eigenvalue weighted by atomic mass is 16.4. The Morgan fingerprint density at radius 3 is 1.35 bits per heavy atom. The van der Waals surface area contributed by atoms with Gasteiger partial charge in [-0.2, -0.15) is 0 Å². The first-order chi connectivity index (χ1) is 49.3. The number of aromatic nitrogens is 3. The predicted octanol–water partition coefficient (Wildman–Crippen LogP) is 12.0. The van der Waals surface area contributed by atoms with E-state index in [1.54, 1.807) is 12.3 Å². The van der Waals surface area contributed by atoms with Crippen LogP contribution in [0.3, 0.4) is 0 Å². The molecule has 0 saturated carbocycles. The molecule has 7 N–H and O–H groups in total. The van der Waals surface area contributed by atoms with Gasteiger partial charge in [-0.15, -0.1) is 0 Å². The Labute approximate surface area is 631 Å². The molecule has 5 saturated heterocycles. The summed E-state index contributed by atoms with van der Waals surface area (Å²) in [4.78, 5) is 128. The van der Waals surface area contributed by atoms with Crippen molar-refractivity contribution >= 4 is 75.9 Å². The van der Waals surface area contributed by atoms with E-state index in [9.17, 15) is 43.2 Å². The van der Waals surface area contributed by atoms with Gasteiger partial charge in [0.15, 0.2) is 0 Å². The minimum absolute atomic E-state index is 0. The third-order valence-electron chi connectivity index (χ3n) is 19.4. The summed E-state index contributed by atoms with van der Waals surface area (Å²) in [6.45, 7) is 51.0. The van der Waals surface area contributed by atoms with Crippen LogP contribution in [0.15, 0.2) is 145 Å². The van der Waals surface area contributed by atoms with E-state index in [1.807, 2.05) is 72.8 Å². The van der Waals surface area contributed by atoms with Gasteiger partial charge >= 0.3 is 0 Å². The lowest BCUT2D eigenvalue weighted by atomic mass is 9.86. The topological polar surface area (TPSA) is 303 Å². The van der Waals surface area contributed by atoms with E-state index in [0.29, 0.717) is 74.3 Å². The third-order valence-corrected chi connectivity index (χ3v) is 19.4. The molecule has 574 valence electrons. The van der Waals surface area contributed by atoms with E-state index in [2.05, 4.69) is 211 Å². The number of carbonyl (C=O) groups is 9. The maximum atomic E-state index is 12.3. The number of anilines is 4. The Morgan fingerprint density at radius 2 is 0.916 bits per heavy atom. The third kappa shape index (κ3) is 21.0. The molecule has 24 nitrogen and oxygen atoms in total. The molecular weight excluding hydrogens is 1350 g/mol. The number of hydrogen-bond acceptors (Lipinski definition) is 17. The molecule has 10 heterocycles. The van der Waals surface area contributed by atoms with Gasteiger partial charge in [0, 0.05) is 78.9 Å². The zero-order valence-corrected chi connectivity index (χ0v) is 64.9. The molecule has 24 heteroatoms. The molecule has 3 aromatic heterocycles. The molecule has 0 aliphatic carbocycles. The number of allylic oxidation sites excluding steroid dienone is 3. The lowest BCUT2D eigenvalue weighted by Gasteiger charge is -2.32. The molecular formula is C83H112N14O10. The van der Waals surface area contributed by atoms with Gasteiger partial charge in [0.25, 0.3) is 11.8 Å². The Hall–Kier alpha value is -10.5. The Bertz CT molecular complexity index is 4270. The monoisotopic (exact) mass is 1460 g/mol. The molecule has 2 aromatic carbocycles. The van der Waals surface area contributed by atoms with Crippen molar-refractivity contribution in [2.24, 2.45) is 5.92 Å². The second-order valence-corrected chi connectivity index (χ2v) is 33.1. The van der Waals surface area contributed by atoms with Crippen molar-refractivity contribution in [3.8, 4) is 0 Å². The largest absolute Gasteiger partial charge is 0.435 e. The number of benzene rings is 2. The number of nitrogens with one attached hydrogen (secondary N) is 7. The Kier molecular flexibility index (Phi) is 26.2. The molecule has 7 aliphatic heterocycles. The first-order valence-electron chi connectivity index (χ1n) is 36.2. The van der Waals surface area contributed by atoms with Crippen LogP contribution in [0.5, 0.6) is 0 Å². The number of oxazole rings is 1. The smallest absolute Gasteiger partial charge is 0.289 e. The number of fused-ring (bicyclic) bond motifs is 2. The summed E-state index contributed by atoms with van der Waals surface area (Å²) in [5.41, 5.74) is 12.1. The van der Waals surface area contributed by atoms with Gasteiger partial charge < -0.3 is 50.6 Å². The van der Waals surface area contributed by atoms with Gasteiger partial charge in [-0.3, -0.25) is 63.8 Å². The normalized spacial score (nSPS) is 20.3. The van der Waals surface area contributed by atoms with Crippen molar-refractivity contribution < 1.29 is 47.6 Å². The van der Waals surface area contributed by atoms with Gasteiger partial charge in [0.1, 0.15) is 41.5 Å². The number of hydrogen-bond donors (Lipinski definition) is 7. The first kappa shape index (κ1) is 83.7. The van der Waals surface area contributed by atoms with Gasteiger partial charge in [0.05, 0.1) is 28.9 Å². The molecule has 0 spiro atoms. The van der Waals surface area contributed by atoms with Crippen molar-refractivity contribution in [1.82, 2.24) is 52.2 Å². The molecule has 0 radical (unpaired) electrons. The predicted molar refractivity (Wildman–Crippen MR) is 420 cm³/mol. The van der Waals surface area contributed by atoms with E-state index in [0.717, 1.165) is 76.2 Å². The van der Waals surface area contributed by atoms with Crippen LogP contribution < -0.4 is 56.8 Å². The Morgan fingerprint density at radius 1 is 0.458 bits per heavy atom. The quantitative estimate of drug-likeness (QED) is 0.0710. The standard InChI is InChI=1S/2C18H23N3O2.C16H21N3O2.C16H22N2O.C14H19N3O3.CH4/c1-11-20(5)15-10-12(18(2,3)4)6-7-13(15)21(11)14-8-9-16(22)19-17(14)23;1-11-20(5)13-7-6-12(18(2,3)4)10-15(13)21(11)14-8-9-16(22)19-17(14)23;1-10-5-7-13(15(21)18-10)19-14(20)12-8-6-11(9-17-12)16(2,3)4;1-11-5-7-13(15(19)18-11)9-12-6-8-14(17-10-12)16(2,3)4;1-8-5-6-9(11(18)16-8)17-12(19)10-7-15-13(20-10)14(2,3)4;/h2*6-7,10,14H,1,8-9H2,2-5H3,(H,19,22,23);6,8-9,13H,1,5,7H2,2-4H3,(H,18,21)(H,19,20);6,8,10,13H,1,5,7,9H2,2-4H3,(H,18,19);7,9H,1,5-6H2,2-4H3,(H,16,18)(H,17,19);1H4. The van der Waals surface area contributed by atoms with Crippen molar-refractivity contribution in [3.05, 3.63) is 186 Å². The lowest BCUT2D eigenvalue weighted by molar-refractivity contribution is -0.135. The summed E-state index contributed by atoms with van der Waals surface area (Å²) < 4.78 is 5.44. The van der Waals surface area contributed by atoms with E-state index >= 15 is 0 Å². The van der Waals surface area contributed by atoms with Crippen LogP contribution in [-0.4, -0.2) is 106 Å². The van der Waals surface area contributed by atoms with Crippen LogP contribution in [0.1, 0.15) is 230 Å². The zero-order valence-electron chi connectivity index (χ0n) is 64.9. The fourth-order valence-electron chi connectivity index (χ4n) is 12.6. The van der Waals surface area contributed by atoms with Crippen LogP contribution in [0.4, 0.5) is 22.7 Å². The molecule has 7 aliphatic rings. The summed E-state index contributed by atoms with van der Waals surface area (Å²) in [6.07, 6.45) is 11.7. The van der Waals surface area contributed by atoms with Crippen molar-refractivity contribution in [2.45, 2.75) is 233 Å². The molecule has 5 atom stereocenters. The first-order valence-corrected chi connectivity index (χ1v) is 36.2. The molecule has 5 fully saturated rings. The van der Waals surface area contributed by atoms with Crippen molar-refractivity contribution in [3.63, 3.8) is 0 Å². The fraction of sp³-hybridized carbons (Fsp3) is 0.470. The number of pyridine rings is 2. The van der Waals surface area contributed by atoms with Gasteiger partial charge in [-0.25, -0.2) is 4.98 Å². The molecule has 5 aromatic rings. The SMILES string of the molecule is C.C=C1CCC(Cc2ccc(C(C)(C)C)nc2)C(=O)N1.C=C1CCC(NC(=O)c2ccc(C(C)(C)C)cn2)C(=O)N1.C=C1CCC(NC(=O)c2cnc(C(C)(C)C)o2)C(=O)N1.C=C1N(C)c2cc(C(C)(C)C)ccc2N1C1CCC(=O)NC1=O.C=C1N(C)c2ccc(C(C)(C)C)cc2N1C1CCC(=O)NC1=O. The van der Waals surface area contributed by atoms with Crippen molar-refractivity contribution in [1.29, 1.82) is 0 Å². The number of amides is 9. The number of rotatable bonds is 8. The average Bonchev–Trinajstić information content (AvgIpc) is 1.61. The highest BCUT2D eigenvalue weighted by Crippen LogP contribution is 2.46. The van der Waals surface area contributed by atoms with Crippen LogP contribution in [0.2, 0.25) is 0 Å². The van der Waals surface area contributed by atoms with Crippen LogP contribution in [0, 0.1) is 5.92 Å². The van der Waals surface area contributed by atoms with Crippen LogP contribution in [0.25, 0.3) is 0 Å². The van der Waals surface area contributed by atoms with Crippen molar-refractivity contribution in [2.75, 3.05) is 33.7 Å². The van der Waals surface area contributed by atoms with Crippen LogP contribution in [-0.2, 0) is 67.1 Å².